The Balaban J connectivity index is 3.09. The summed E-state index contributed by atoms with van der Waals surface area (Å²) in [6, 6.07) is 4.75. The van der Waals surface area contributed by atoms with Crippen molar-refractivity contribution >= 4 is 15.9 Å². The molecular formula is C13H17BrFNO2. The highest BCUT2D eigenvalue weighted by atomic mass is 79.9. The van der Waals surface area contributed by atoms with Crippen LogP contribution in [-0.4, -0.2) is 14.2 Å². The predicted molar refractivity (Wildman–Crippen MR) is 72.4 cm³/mol. The zero-order valence-electron chi connectivity index (χ0n) is 10.5. The minimum absolute atomic E-state index is 0.363. The molecule has 0 aliphatic carbocycles. The first kappa shape index (κ1) is 15.1. The smallest absolute Gasteiger partial charge is 0.194 e. The summed E-state index contributed by atoms with van der Waals surface area (Å²) in [7, 11) is 3.03. The highest BCUT2D eigenvalue weighted by Gasteiger charge is 2.32. The average Bonchev–Trinajstić information content (AvgIpc) is 2.35. The third kappa shape index (κ3) is 3.31. The Kier molecular flexibility index (Phi) is 5.31. The van der Waals surface area contributed by atoms with Gasteiger partial charge in [0.1, 0.15) is 5.82 Å². The summed E-state index contributed by atoms with van der Waals surface area (Å²) in [6.45, 7) is 3.64. The van der Waals surface area contributed by atoms with E-state index in [0.29, 0.717) is 28.6 Å². The fraction of sp³-hybridized carbons (Fsp3) is 0.385. The largest absolute Gasteiger partial charge is 0.403 e. The number of methoxy groups -OCH3 is 2. The second-order valence-electron chi connectivity index (χ2n) is 3.95. The molecule has 2 N–H and O–H groups in total. The first-order valence-electron chi connectivity index (χ1n) is 5.44. The maximum atomic E-state index is 13.6. The van der Waals surface area contributed by atoms with Crippen molar-refractivity contribution in [2.24, 2.45) is 5.73 Å². The molecule has 0 amide bonds. The van der Waals surface area contributed by atoms with Crippen molar-refractivity contribution in [2.45, 2.75) is 18.6 Å². The van der Waals surface area contributed by atoms with E-state index >= 15 is 0 Å². The van der Waals surface area contributed by atoms with Crippen molar-refractivity contribution in [3.05, 3.63) is 46.3 Å². The molecular weight excluding hydrogens is 301 g/mol. The van der Waals surface area contributed by atoms with Crippen molar-refractivity contribution < 1.29 is 13.9 Å². The Morgan fingerprint density at radius 3 is 2.50 bits per heavy atom. The SMILES string of the molecule is C=C(N)CCC(OC)(OC)c1ccc(Br)c(F)c1. The van der Waals surface area contributed by atoms with E-state index in [9.17, 15) is 4.39 Å². The van der Waals surface area contributed by atoms with Gasteiger partial charge in [0.15, 0.2) is 5.79 Å². The van der Waals surface area contributed by atoms with Crippen LogP contribution in [0.1, 0.15) is 18.4 Å². The lowest BCUT2D eigenvalue weighted by Crippen LogP contribution is -2.31. The van der Waals surface area contributed by atoms with Gasteiger partial charge in [0, 0.05) is 31.9 Å². The highest BCUT2D eigenvalue weighted by molar-refractivity contribution is 9.10. The molecule has 1 rings (SSSR count). The Hall–Kier alpha value is -0.910. The van der Waals surface area contributed by atoms with Crippen molar-refractivity contribution in [3.63, 3.8) is 0 Å². The third-order valence-corrected chi connectivity index (χ3v) is 3.44. The fourth-order valence-electron chi connectivity index (χ4n) is 1.73. The molecule has 100 valence electrons. The molecule has 0 atom stereocenters. The van der Waals surface area contributed by atoms with E-state index in [-0.39, 0.29) is 5.82 Å². The van der Waals surface area contributed by atoms with Crippen LogP contribution in [0.5, 0.6) is 0 Å². The Labute approximate surface area is 115 Å². The van der Waals surface area contributed by atoms with E-state index in [2.05, 4.69) is 22.5 Å². The molecule has 0 fully saturated rings. The molecule has 0 bridgehead atoms. The lowest BCUT2D eigenvalue weighted by atomic mass is 9.99. The molecule has 0 saturated carbocycles. The standard InChI is InChI=1S/C13H17BrFNO2/c1-9(16)6-7-13(17-2,18-3)10-4-5-11(14)12(15)8-10/h4-5,8H,1,6-7,16H2,2-3H3. The van der Waals surface area contributed by atoms with E-state index in [1.165, 1.54) is 20.3 Å². The zero-order chi connectivity index (χ0) is 13.8. The van der Waals surface area contributed by atoms with E-state index in [0.717, 1.165) is 0 Å². The van der Waals surface area contributed by atoms with E-state index in [1.54, 1.807) is 12.1 Å². The molecule has 0 radical (unpaired) electrons. The molecule has 3 nitrogen and oxygen atoms in total. The topological polar surface area (TPSA) is 44.5 Å². The van der Waals surface area contributed by atoms with Crippen LogP contribution in [0, 0.1) is 5.82 Å². The minimum Gasteiger partial charge on any atom is -0.403 e. The molecule has 1 aromatic carbocycles. The molecule has 0 unspecified atom stereocenters. The number of benzene rings is 1. The van der Waals surface area contributed by atoms with Crippen LogP contribution in [-0.2, 0) is 15.3 Å². The Morgan fingerprint density at radius 1 is 1.44 bits per heavy atom. The van der Waals surface area contributed by atoms with E-state index < -0.39 is 5.79 Å². The van der Waals surface area contributed by atoms with Crippen molar-refractivity contribution in [1.82, 2.24) is 0 Å². The van der Waals surface area contributed by atoms with Crippen LogP contribution in [0.3, 0.4) is 0 Å². The second kappa shape index (κ2) is 6.31. The average molecular weight is 318 g/mol. The van der Waals surface area contributed by atoms with Gasteiger partial charge in [0.2, 0.25) is 0 Å². The zero-order valence-corrected chi connectivity index (χ0v) is 12.1. The van der Waals surface area contributed by atoms with Gasteiger partial charge in [-0.1, -0.05) is 12.6 Å². The van der Waals surface area contributed by atoms with E-state index in [1.807, 2.05) is 0 Å². The van der Waals surface area contributed by atoms with Gasteiger partial charge >= 0.3 is 0 Å². The van der Waals surface area contributed by atoms with Crippen molar-refractivity contribution in [1.29, 1.82) is 0 Å². The second-order valence-corrected chi connectivity index (χ2v) is 4.80. The molecule has 0 aromatic heterocycles. The fourth-order valence-corrected chi connectivity index (χ4v) is 1.97. The van der Waals surface area contributed by atoms with Crippen LogP contribution in [0.15, 0.2) is 34.9 Å². The number of ether oxygens (including phenoxy) is 2. The maximum absolute atomic E-state index is 13.6. The molecule has 18 heavy (non-hydrogen) atoms. The van der Waals surface area contributed by atoms with Gasteiger partial charge in [-0.25, -0.2) is 4.39 Å². The molecule has 0 heterocycles. The normalized spacial score (nSPS) is 11.6. The summed E-state index contributed by atoms with van der Waals surface area (Å²) in [4.78, 5) is 0. The molecule has 0 spiro atoms. The lowest BCUT2D eigenvalue weighted by molar-refractivity contribution is -0.220. The molecule has 0 aliphatic heterocycles. The maximum Gasteiger partial charge on any atom is 0.194 e. The Morgan fingerprint density at radius 2 is 2.06 bits per heavy atom. The van der Waals surface area contributed by atoms with Gasteiger partial charge in [0.25, 0.3) is 0 Å². The third-order valence-electron chi connectivity index (χ3n) is 2.79. The number of rotatable bonds is 6. The number of hydrogen-bond acceptors (Lipinski definition) is 3. The molecule has 1 aromatic rings. The predicted octanol–water partition coefficient (Wildman–Crippen LogP) is 3.29. The summed E-state index contributed by atoms with van der Waals surface area (Å²) < 4.78 is 24.8. The van der Waals surface area contributed by atoms with Gasteiger partial charge in [0.05, 0.1) is 4.47 Å². The van der Waals surface area contributed by atoms with E-state index in [4.69, 9.17) is 15.2 Å². The summed E-state index contributed by atoms with van der Waals surface area (Å²) >= 11 is 3.11. The first-order valence-corrected chi connectivity index (χ1v) is 6.23. The Bertz CT molecular complexity index is 433. The summed E-state index contributed by atoms with van der Waals surface area (Å²) in [5, 5.41) is 0. The number of nitrogens with two attached hydrogens (primary N) is 1. The summed E-state index contributed by atoms with van der Waals surface area (Å²) in [5.74, 6) is -1.37. The van der Waals surface area contributed by atoms with Gasteiger partial charge in [-0.3, -0.25) is 0 Å². The summed E-state index contributed by atoms with van der Waals surface area (Å²) in [6.07, 6.45) is 0.996. The van der Waals surface area contributed by atoms with Crippen LogP contribution < -0.4 is 5.73 Å². The number of allylic oxidation sites excluding steroid dienone is 1. The van der Waals surface area contributed by atoms with Crippen molar-refractivity contribution in [3.8, 4) is 0 Å². The van der Waals surface area contributed by atoms with Crippen LogP contribution >= 0.6 is 15.9 Å². The van der Waals surface area contributed by atoms with Gasteiger partial charge in [-0.2, -0.15) is 0 Å². The highest BCUT2D eigenvalue weighted by Crippen LogP contribution is 2.33. The molecule has 5 heteroatoms. The molecule has 0 aliphatic rings. The molecule has 0 saturated heterocycles. The van der Waals surface area contributed by atoms with Crippen LogP contribution in [0.25, 0.3) is 0 Å². The monoisotopic (exact) mass is 317 g/mol. The van der Waals surface area contributed by atoms with Crippen LogP contribution in [0.4, 0.5) is 4.39 Å². The van der Waals surface area contributed by atoms with Crippen molar-refractivity contribution in [2.75, 3.05) is 14.2 Å². The first-order chi connectivity index (χ1) is 8.45. The number of halogens is 2. The van der Waals surface area contributed by atoms with Gasteiger partial charge in [-0.05, 0) is 34.5 Å². The van der Waals surface area contributed by atoms with Gasteiger partial charge < -0.3 is 15.2 Å². The quantitative estimate of drug-likeness (QED) is 0.819. The van der Waals surface area contributed by atoms with Crippen LogP contribution in [0.2, 0.25) is 0 Å². The summed E-state index contributed by atoms with van der Waals surface area (Å²) in [5.41, 5.74) is 6.69. The minimum atomic E-state index is -1.01. The number of hydrogen-bond donors (Lipinski definition) is 1. The lowest BCUT2D eigenvalue weighted by Gasteiger charge is -2.31. The van der Waals surface area contributed by atoms with Gasteiger partial charge in [-0.15, -0.1) is 0 Å².